The Morgan fingerprint density at radius 3 is 2.11 bits per heavy atom. The third-order valence-electron chi connectivity index (χ3n) is 12.2. The summed E-state index contributed by atoms with van der Waals surface area (Å²) in [5.74, 6) is -4.06. The van der Waals surface area contributed by atoms with E-state index in [9.17, 15) is 30.3 Å². The van der Waals surface area contributed by atoms with Gasteiger partial charge in [-0.3, -0.25) is 4.79 Å². The lowest BCUT2D eigenvalue weighted by molar-refractivity contribution is -0.317. The molecule has 3 fully saturated rings. The summed E-state index contributed by atoms with van der Waals surface area (Å²) >= 11 is 0. The second-order valence-electron chi connectivity index (χ2n) is 17.1. The number of esters is 1. The summed E-state index contributed by atoms with van der Waals surface area (Å²) in [4.78, 5) is 21.6. The first kappa shape index (κ1) is 47.8. The summed E-state index contributed by atoms with van der Waals surface area (Å²) < 4.78 is 42.6. The van der Waals surface area contributed by atoms with Gasteiger partial charge in [0.1, 0.15) is 23.9 Å². The van der Waals surface area contributed by atoms with Gasteiger partial charge < -0.3 is 68.4 Å². The minimum atomic E-state index is -1.95. The summed E-state index contributed by atoms with van der Waals surface area (Å²) in [7, 11) is 6.66. The molecule has 16 nitrogen and oxygen atoms in total. The van der Waals surface area contributed by atoms with E-state index >= 15 is 0 Å². The van der Waals surface area contributed by atoms with E-state index < -0.39 is 102 Å². The van der Waals surface area contributed by atoms with Crippen LogP contribution < -0.4 is 0 Å². The molecule has 0 spiro atoms. The molecule has 0 bridgehead atoms. The lowest BCUT2D eigenvalue weighted by Gasteiger charge is -2.49. The highest BCUT2D eigenvalue weighted by Gasteiger charge is 2.53. The van der Waals surface area contributed by atoms with Crippen LogP contribution in [0, 0.1) is 23.7 Å². The van der Waals surface area contributed by atoms with Crippen molar-refractivity contribution in [2.75, 3.05) is 35.1 Å². The van der Waals surface area contributed by atoms with E-state index in [0.29, 0.717) is 12.1 Å². The SMILES string of the molecule is CCC1OC(=O)[C@H](C)C(O[C@H]2C[C@@](C)(OC)[C@@H](O)[C@H](C)O2)[C@H](C)[C@@H](O[C@@H]2O[C@H](C)C[C@H](N(C)C)[C@H]2O)[C@](C)(O)C[C@@H](C)/C(=N\OCOC)[C@H](C)[C@@H](O)[C@]1(C)O. The number of oxime groups is 1. The van der Waals surface area contributed by atoms with Crippen molar-refractivity contribution in [3.05, 3.63) is 0 Å². The van der Waals surface area contributed by atoms with Gasteiger partial charge in [-0.1, -0.05) is 32.9 Å². The van der Waals surface area contributed by atoms with Crippen LogP contribution in [-0.4, -0.2) is 161 Å². The van der Waals surface area contributed by atoms with Gasteiger partial charge in [-0.25, -0.2) is 0 Å². The van der Waals surface area contributed by atoms with Crippen molar-refractivity contribution in [1.82, 2.24) is 4.90 Å². The molecule has 3 saturated heterocycles. The van der Waals surface area contributed by atoms with Crippen molar-refractivity contribution in [2.24, 2.45) is 28.8 Å². The largest absolute Gasteiger partial charge is 0.459 e. The molecule has 2 unspecified atom stereocenters. The normalized spacial score (nSPS) is 47.7. The van der Waals surface area contributed by atoms with Crippen LogP contribution in [0.15, 0.2) is 5.16 Å². The zero-order valence-corrected chi connectivity index (χ0v) is 35.5. The van der Waals surface area contributed by atoms with E-state index in [1.165, 1.54) is 21.1 Å². The molecule has 18 atom stereocenters. The maximum atomic E-state index is 14.3. The van der Waals surface area contributed by atoms with Crippen LogP contribution >= 0.6 is 0 Å². The number of methoxy groups -OCH3 is 2. The smallest absolute Gasteiger partial charge is 0.311 e. The van der Waals surface area contributed by atoms with Crippen molar-refractivity contribution in [3.8, 4) is 0 Å². The molecule has 16 heteroatoms. The maximum absolute atomic E-state index is 14.3. The van der Waals surface area contributed by atoms with Crippen LogP contribution in [0.1, 0.15) is 94.9 Å². The summed E-state index contributed by atoms with van der Waals surface area (Å²) in [5, 5.41) is 63.1. The molecule has 0 aromatic rings. The number of likely N-dealkylation sites (N-methyl/N-ethyl adjacent to an activating group) is 1. The lowest BCUT2D eigenvalue weighted by atomic mass is 9.73. The molecule has 322 valence electrons. The minimum Gasteiger partial charge on any atom is -0.459 e. The zero-order valence-electron chi connectivity index (χ0n) is 35.5. The Morgan fingerprint density at radius 2 is 1.55 bits per heavy atom. The topological polar surface area (TPSA) is 208 Å². The first-order chi connectivity index (χ1) is 25.5. The van der Waals surface area contributed by atoms with Crippen LogP contribution in [0.5, 0.6) is 0 Å². The number of aliphatic hydroxyl groups excluding tert-OH is 3. The van der Waals surface area contributed by atoms with Crippen LogP contribution in [-0.2, 0) is 42.8 Å². The van der Waals surface area contributed by atoms with E-state index in [0.717, 1.165) is 0 Å². The van der Waals surface area contributed by atoms with Gasteiger partial charge in [0.25, 0.3) is 0 Å². The second kappa shape index (κ2) is 19.5. The first-order valence-electron chi connectivity index (χ1n) is 19.7. The van der Waals surface area contributed by atoms with Crippen molar-refractivity contribution < 1.29 is 68.3 Å². The Labute approximate surface area is 327 Å². The number of hydrogen-bond donors (Lipinski definition) is 5. The number of cyclic esters (lactones) is 1. The fourth-order valence-electron chi connectivity index (χ4n) is 8.75. The average Bonchev–Trinajstić information content (AvgIpc) is 3.11. The quantitative estimate of drug-likeness (QED) is 0.0931. The third-order valence-corrected chi connectivity index (χ3v) is 12.2. The van der Waals surface area contributed by atoms with E-state index in [4.69, 9.17) is 38.0 Å². The fraction of sp³-hybridized carbons (Fsp3) is 0.949. The van der Waals surface area contributed by atoms with Crippen LogP contribution in [0.4, 0.5) is 0 Å². The lowest BCUT2D eigenvalue weighted by Crippen LogP contribution is -2.61. The predicted octanol–water partition coefficient (Wildman–Crippen LogP) is 2.19. The Morgan fingerprint density at radius 1 is 0.909 bits per heavy atom. The predicted molar refractivity (Wildman–Crippen MR) is 202 cm³/mol. The molecule has 3 aliphatic heterocycles. The van der Waals surface area contributed by atoms with Gasteiger partial charge in [0.15, 0.2) is 12.6 Å². The molecular weight excluding hydrogens is 720 g/mol. The monoisotopic (exact) mass is 792 g/mol. The Bertz CT molecular complexity index is 1250. The highest BCUT2D eigenvalue weighted by Crippen LogP contribution is 2.41. The Kier molecular flexibility index (Phi) is 16.9. The summed E-state index contributed by atoms with van der Waals surface area (Å²) in [6, 6.07) is -0.319. The zero-order chi connectivity index (χ0) is 41.8. The number of hydrogen-bond acceptors (Lipinski definition) is 16. The molecule has 3 aliphatic rings. The van der Waals surface area contributed by atoms with Gasteiger partial charge in [-0.15, -0.1) is 0 Å². The van der Waals surface area contributed by atoms with Gasteiger partial charge in [0.2, 0.25) is 6.79 Å². The molecule has 3 heterocycles. The van der Waals surface area contributed by atoms with Gasteiger partial charge in [-0.05, 0) is 74.9 Å². The standard InChI is InChI=1S/C39H72N2O14/c1-15-27-39(10,47)32(43)22(4)29(40-50-19-48-13)20(2)17-37(8,46)34(55-36-30(42)26(41(11)12)16-21(3)51-36)23(5)31(24(6)35(45)53-27)54-28-18-38(9,49-14)33(44)25(7)52-28/h20-28,30-34,36,42-44,46-47H,15-19H2,1-14H3/b40-29+/t20-,21-,22+,23+,24-,25+,26+,27?,28+,30-,31?,32-,33+,34-,36+,37-,38-,39-/m1/s1. The van der Waals surface area contributed by atoms with Crippen molar-refractivity contribution >= 4 is 11.7 Å². The van der Waals surface area contributed by atoms with Crippen molar-refractivity contribution in [3.63, 3.8) is 0 Å². The number of rotatable bonds is 10. The molecule has 0 saturated carbocycles. The van der Waals surface area contributed by atoms with E-state index in [1.807, 2.05) is 32.8 Å². The number of nitrogens with zero attached hydrogens (tertiary/aromatic N) is 2. The Hall–Kier alpha value is -1.54. The van der Waals surface area contributed by atoms with E-state index in [-0.39, 0.29) is 38.2 Å². The molecule has 55 heavy (non-hydrogen) atoms. The highest BCUT2D eigenvalue weighted by molar-refractivity contribution is 5.88. The van der Waals surface area contributed by atoms with Crippen LogP contribution in [0.2, 0.25) is 0 Å². The number of aliphatic hydroxyl groups is 5. The maximum Gasteiger partial charge on any atom is 0.311 e. The summed E-state index contributed by atoms with van der Waals surface area (Å²) in [6.07, 6.45) is -9.34. The Balaban J connectivity index is 2.24. The first-order valence-corrected chi connectivity index (χ1v) is 19.7. The van der Waals surface area contributed by atoms with Crippen LogP contribution in [0.3, 0.4) is 0 Å². The minimum absolute atomic E-state index is 0.0144. The van der Waals surface area contributed by atoms with Gasteiger partial charge in [-0.2, -0.15) is 0 Å². The summed E-state index contributed by atoms with van der Waals surface area (Å²) in [5.41, 5.74) is -4.43. The van der Waals surface area contributed by atoms with E-state index in [1.54, 1.807) is 48.5 Å². The molecular formula is C39H72N2O14. The van der Waals surface area contributed by atoms with Crippen molar-refractivity contribution in [2.45, 2.75) is 179 Å². The second-order valence-corrected chi connectivity index (χ2v) is 17.1. The highest BCUT2D eigenvalue weighted by atomic mass is 16.7. The molecule has 0 amide bonds. The molecule has 0 aromatic heterocycles. The van der Waals surface area contributed by atoms with Gasteiger partial charge in [0, 0.05) is 44.4 Å². The van der Waals surface area contributed by atoms with Gasteiger partial charge >= 0.3 is 5.97 Å². The number of carbonyl (C=O) groups is 1. The third kappa shape index (κ3) is 10.9. The average molecular weight is 793 g/mol. The molecule has 0 aliphatic carbocycles. The van der Waals surface area contributed by atoms with Gasteiger partial charge in [0.05, 0.1) is 53.4 Å². The van der Waals surface area contributed by atoms with Crippen LogP contribution in [0.25, 0.3) is 0 Å². The number of ether oxygens (including phenoxy) is 7. The summed E-state index contributed by atoms with van der Waals surface area (Å²) in [6.45, 7) is 16.8. The van der Waals surface area contributed by atoms with Crippen molar-refractivity contribution in [1.29, 1.82) is 0 Å². The van der Waals surface area contributed by atoms with E-state index in [2.05, 4.69) is 5.16 Å². The molecule has 0 aromatic carbocycles. The fourth-order valence-corrected chi connectivity index (χ4v) is 8.75. The number of carbonyl (C=O) groups excluding carboxylic acids is 1. The molecule has 0 radical (unpaired) electrons. The molecule has 3 rings (SSSR count). The molecule has 5 N–H and O–H groups in total.